The summed E-state index contributed by atoms with van der Waals surface area (Å²) in [5, 5.41) is 2.39. The lowest BCUT2D eigenvalue weighted by Gasteiger charge is -2.30. The molecule has 0 radical (unpaired) electrons. The summed E-state index contributed by atoms with van der Waals surface area (Å²) < 4.78 is 16.5. The zero-order chi connectivity index (χ0) is 19.7. The number of nitrogens with one attached hydrogen (secondary N) is 2. The first-order valence-electron chi connectivity index (χ1n) is 8.90. The van der Waals surface area contributed by atoms with Gasteiger partial charge in [-0.1, -0.05) is 37.3 Å². The predicted molar refractivity (Wildman–Crippen MR) is 100 cm³/mol. The van der Waals surface area contributed by atoms with Gasteiger partial charge in [-0.25, -0.2) is 9.78 Å². The predicted octanol–water partition coefficient (Wildman–Crippen LogP) is 3.15. The van der Waals surface area contributed by atoms with Crippen LogP contribution >= 0.6 is 0 Å². The number of carbonyl (C=O) groups is 1. The molecule has 1 heterocycles. The molecule has 8 heteroatoms. The standard InChI is InChI=1S/C19H25N3O5/c1-4-19(26-5-2,27-6-3)17-20-12-15(16(23)22-17)21-18(24)25-13-14-10-8-7-9-11-14/h7-12H,4-6,13H2,1-3H3,(H,21,24)(H,20,22,23). The second-order valence-electron chi connectivity index (χ2n) is 5.63. The average Bonchev–Trinajstić information content (AvgIpc) is 2.68. The van der Waals surface area contributed by atoms with Crippen LogP contribution in [0.15, 0.2) is 41.3 Å². The van der Waals surface area contributed by atoms with E-state index in [4.69, 9.17) is 14.2 Å². The summed E-state index contributed by atoms with van der Waals surface area (Å²) in [7, 11) is 0. The highest BCUT2D eigenvalue weighted by molar-refractivity contribution is 5.83. The summed E-state index contributed by atoms with van der Waals surface area (Å²) in [5.41, 5.74) is 0.305. The van der Waals surface area contributed by atoms with Crippen molar-refractivity contribution in [2.24, 2.45) is 0 Å². The van der Waals surface area contributed by atoms with E-state index in [1.165, 1.54) is 6.20 Å². The van der Waals surface area contributed by atoms with Gasteiger partial charge in [-0.2, -0.15) is 0 Å². The lowest BCUT2D eigenvalue weighted by atomic mass is 10.2. The fourth-order valence-corrected chi connectivity index (χ4v) is 2.56. The van der Waals surface area contributed by atoms with Crippen LogP contribution in [0, 0.1) is 0 Å². The maximum absolute atomic E-state index is 12.3. The topological polar surface area (TPSA) is 103 Å². The molecule has 0 unspecified atom stereocenters. The van der Waals surface area contributed by atoms with Crippen LogP contribution in [0.4, 0.5) is 10.5 Å². The Morgan fingerprint density at radius 1 is 1.15 bits per heavy atom. The van der Waals surface area contributed by atoms with E-state index in [-0.39, 0.29) is 18.1 Å². The average molecular weight is 375 g/mol. The van der Waals surface area contributed by atoms with E-state index in [1.54, 1.807) is 0 Å². The van der Waals surface area contributed by atoms with Gasteiger partial charge in [-0.3, -0.25) is 10.1 Å². The molecule has 0 aliphatic heterocycles. The molecule has 0 fully saturated rings. The van der Waals surface area contributed by atoms with Gasteiger partial charge in [0.2, 0.25) is 5.79 Å². The first kappa shape index (κ1) is 20.6. The number of hydrogen-bond donors (Lipinski definition) is 2. The summed E-state index contributed by atoms with van der Waals surface area (Å²) in [6.45, 7) is 6.43. The fraction of sp³-hybridized carbons (Fsp3) is 0.421. The quantitative estimate of drug-likeness (QED) is 0.653. The smallest absolute Gasteiger partial charge is 0.412 e. The van der Waals surface area contributed by atoms with E-state index >= 15 is 0 Å². The second kappa shape index (κ2) is 9.84. The number of hydrogen-bond acceptors (Lipinski definition) is 6. The first-order valence-corrected chi connectivity index (χ1v) is 8.90. The van der Waals surface area contributed by atoms with Crippen molar-refractivity contribution in [3.63, 3.8) is 0 Å². The zero-order valence-electron chi connectivity index (χ0n) is 15.8. The number of ether oxygens (including phenoxy) is 3. The van der Waals surface area contributed by atoms with E-state index in [2.05, 4.69) is 15.3 Å². The van der Waals surface area contributed by atoms with Gasteiger partial charge in [-0.15, -0.1) is 0 Å². The number of nitrogens with zero attached hydrogens (tertiary/aromatic N) is 1. The molecule has 0 bridgehead atoms. The number of aromatic nitrogens is 2. The Morgan fingerprint density at radius 3 is 2.37 bits per heavy atom. The monoisotopic (exact) mass is 375 g/mol. The van der Waals surface area contributed by atoms with E-state index in [0.29, 0.717) is 19.6 Å². The molecule has 1 aromatic heterocycles. The van der Waals surface area contributed by atoms with Crippen molar-refractivity contribution in [2.75, 3.05) is 18.5 Å². The van der Waals surface area contributed by atoms with Crippen LogP contribution in [-0.4, -0.2) is 29.3 Å². The number of H-pyrrole nitrogens is 1. The van der Waals surface area contributed by atoms with Crippen molar-refractivity contribution in [2.45, 2.75) is 39.6 Å². The maximum Gasteiger partial charge on any atom is 0.412 e. The van der Waals surface area contributed by atoms with Crippen LogP contribution in [0.25, 0.3) is 0 Å². The Labute approximate surface area is 157 Å². The minimum absolute atomic E-state index is 0.0187. The molecule has 0 saturated heterocycles. The summed E-state index contributed by atoms with van der Waals surface area (Å²) >= 11 is 0. The number of rotatable bonds is 9. The molecular formula is C19H25N3O5. The van der Waals surface area contributed by atoms with Crippen molar-refractivity contribution in [3.8, 4) is 0 Å². The summed E-state index contributed by atoms with van der Waals surface area (Å²) in [4.78, 5) is 31.1. The highest BCUT2D eigenvalue weighted by Crippen LogP contribution is 2.27. The molecule has 146 valence electrons. The highest BCUT2D eigenvalue weighted by Gasteiger charge is 2.35. The number of anilines is 1. The van der Waals surface area contributed by atoms with Gasteiger partial charge >= 0.3 is 6.09 Å². The molecule has 27 heavy (non-hydrogen) atoms. The summed E-state index contributed by atoms with van der Waals surface area (Å²) in [5.74, 6) is -0.878. The van der Waals surface area contributed by atoms with Gasteiger partial charge in [0.25, 0.3) is 5.56 Å². The van der Waals surface area contributed by atoms with Gasteiger partial charge < -0.3 is 19.2 Å². The van der Waals surface area contributed by atoms with Crippen LogP contribution in [0.1, 0.15) is 38.6 Å². The third-order valence-corrected chi connectivity index (χ3v) is 3.83. The zero-order valence-corrected chi connectivity index (χ0v) is 15.8. The minimum Gasteiger partial charge on any atom is -0.444 e. The maximum atomic E-state index is 12.3. The second-order valence-corrected chi connectivity index (χ2v) is 5.63. The van der Waals surface area contributed by atoms with Gasteiger partial charge in [-0.05, 0) is 19.4 Å². The Kier molecular flexibility index (Phi) is 7.51. The fourth-order valence-electron chi connectivity index (χ4n) is 2.56. The molecule has 2 N–H and O–H groups in total. The van der Waals surface area contributed by atoms with E-state index in [9.17, 15) is 9.59 Å². The third-order valence-electron chi connectivity index (χ3n) is 3.83. The molecule has 0 aliphatic rings. The van der Waals surface area contributed by atoms with Crippen molar-refractivity contribution in [1.29, 1.82) is 0 Å². The number of amides is 1. The van der Waals surface area contributed by atoms with E-state index in [0.717, 1.165) is 5.56 Å². The van der Waals surface area contributed by atoms with Gasteiger partial charge in [0.15, 0.2) is 5.82 Å². The van der Waals surface area contributed by atoms with Gasteiger partial charge in [0.1, 0.15) is 12.3 Å². The molecule has 0 saturated carbocycles. The Bertz CT molecular complexity index is 785. The van der Waals surface area contributed by atoms with Crippen LogP contribution < -0.4 is 10.9 Å². The van der Waals surface area contributed by atoms with Crippen molar-refractivity contribution >= 4 is 11.8 Å². The lowest BCUT2D eigenvalue weighted by Crippen LogP contribution is -2.37. The molecule has 0 spiro atoms. The van der Waals surface area contributed by atoms with Crippen molar-refractivity contribution < 1.29 is 19.0 Å². The molecule has 8 nitrogen and oxygen atoms in total. The largest absolute Gasteiger partial charge is 0.444 e. The number of carbonyl (C=O) groups excluding carboxylic acids is 1. The van der Waals surface area contributed by atoms with Crippen LogP contribution in [0.5, 0.6) is 0 Å². The Balaban J connectivity index is 2.09. The number of aromatic amines is 1. The summed E-state index contributed by atoms with van der Waals surface area (Å²) in [6.07, 6.45) is 0.986. The highest BCUT2D eigenvalue weighted by atomic mass is 16.7. The third kappa shape index (κ3) is 5.38. The molecule has 1 aromatic carbocycles. The molecule has 1 amide bonds. The molecule has 2 aromatic rings. The van der Waals surface area contributed by atoms with E-state index in [1.807, 2.05) is 51.1 Å². The number of benzene rings is 1. The minimum atomic E-state index is -1.13. The van der Waals surface area contributed by atoms with Gasteiger partial charge in [0, 0.05) is 19.6 Å². The summed E-state index contributed by atoms with van der Waals surface area (Å²) in [6, 6.07) is 9.24. The first-order chi connectivity index (χ1) is 13.0. The Hall–Kier alpha value is -2.71. The molecular weight excluding hydrogens is 350 g/mol. The molecule has 0 aliphatic carbocycles. The SMILES string of the molecule is CCOC(CC)(OCC)c1ncc(NC(=O)OCc2ccccc2)c(=O)[nH]1. The van der Waals surface area contributed by atoms with Crippen molar-refractivity contribution in [3.05, 3.63) is 58.3 Å². The lowest BCUT2D eigenvalue weighted by molar-refractivity contribution is -0.249. The Morgan fingerprint density at radius 2 is 1.81 bits per heavy atom. The van der Waals surface area contributed by atoms with E-state index < -0.39 is 17.4 Å². The van der Waals surface area contributed by atoms with Crippen molar-refractivity contribution in [1.82, 2.24) is 9.97 Å². The molecule has 2 rings (SSSR count). The van der Waals surface area contributed by atoms with Crippen LogP contribution in [0.3, 0.4) is 0 Å². The van der Waals surface area contributed by atoms with Crippen LogP contribution in [0.2, 0.25) is 0 Å². The molecule has 0 atom stereocenters. The van der Waals surface area contributed by atoms with Crippen LogP contribution in [-0.2, 0) is 26.6 Å². The normalized spacial score (nSPS) is 11.2. The van der Waals surface area contributed by atoms with Gasteiger partial charge in [0.05, 0.1) is 6.20 Å².